The summed E-state index contributed by atoms with van der Waals surface area (Å²) in [6.45, 7) is 4.82. The molecule has 3 aromatic rings. The highest BCUT2D eigenvalue weighted by Crippen LogP contribution is 2.31. The lowest BCUT2D eigenvalue weighted by Crippen LogP contribution is -2.40. The van der Waals surface area contributed by atoms with E-state index in [0.717, 1.165) is 41.3 Å². The highest BCUT2D eigenvalue weighted by molar-refractivity contribution is 8.00. The molecule has 0 saturated carbocycles. The van der Waals surface area contributed by atoms with Crippen molar-refractivity contribution in [2.45, 2.75) is 37.1 Å². The summed E-state index contributed by atoms with van der Waals surface area (Å²) in [6.07, 6.45) is 2.06. The molecule has 1 aliphatic rings. The number of rotatable bonds is 3. The number of hydrogen-bond donors (Lipinski definition) is 1. The zero-order valence-electron chi connectivity index (χ0n) is 14.5. The molecule has 1 N–H and O–H groups in total. The van der Waals surface area contributed by atoms with Crippen LogP contribution in [-0.4, -0.2) is 27.7 Å². The number of hydrogen-bond acceptors (Lipinski definition) is 3. The molecule has 0 fully saturated rings. The van der Waals surface area contributed by atoms with Crippen LogP contribution in [-0.2, 0) is 11.2 Å². The fraction of sp³-hybridized carbons (Fsp3) is 0.300. The zero-order valence-corrected chi connectivity index (χ0v) is 15.3. The molecule has 2 heterocycles. The van der Waals surface area contributed by atoms with Gasteiger partial charge in [0.2, 0.25) is 5.91 Å². The Balaban J connectivity index is 1.54. The third kappa shape index (κ3) is 3.16. The third-order valence-corrected chi connectivity index (χ3v) is 5.60. The molecular weight excluding hydrogens is 330 g/mol. The Hall–Kier alpha value is -2.27. The van der Waals surface area contributed by atoms with Crippen LogP contribution < -0.4 is 4.90 Å². The normalized spacial score (nSPS) is 15.2. The monoisotopic (exact) mass is 351 g/mol. The molecule has 4 rings (SSSR count). The topological polar surface area (TPSA) is 49.0 Å². The Bertz CT molecular complexity index is 934. The number of carbonyl (C=O) groups is 1. The average Bonchev–Trinajstić information content (AvgIpc) is 3.01. The number of aromatic amines is 1. The number of H-pyrrole nitrogens is 1. The van der Waals surface area contributed by atoms with E-state index in [1.165, 1.54) is 22.9 Å². The second-order valence-electron chi connectivity index (χ2n) is 6.54. The van der Waals surface area contributed by atoms with E-state index in [4.69, 9.17) is 0 Å². The maximum Gasteiger partial charge on any atom is 0.240 e. The van der Waals surface area contributed by atoms with Crippen molar-refractivity contribution in [2.24, 2.45) is 0 Å². The minimum absolute atomic E-state index is 0.147. The fourth-order valence-electron chi connectivity index (χ4n) is 3.36. The molecule has 5 heteroatoms. The fourth-order valence-corrected chi connectivity index (χ4v) is 4.24. The molecule has 1 unspecified atom stereocenters. The van der Waals surface area contributed by atoms with Crippen molar-refractivity contribution in [3.63, 3.8) is 0 Å². The molecule has 1 amide bonds. The molecule has 1 aromatic heterocycles. The van der Waals surface area contributed by atoms with E-state index in [2.05, 4.69) is 35.1 Å². The molecular formula is C20H21N3OS. The summed E-state index contributed by atoms with van der Waals surface area (Å²) in [5, 5.41) is 0.611. The van der Waals surface area contributed by atoms with Crippen LogP contribution in [0.1, 0.15) is 24.5 Å². The predicted molar refractivity (Wildman–Crippen MR) is 103 cm³/mol. The van der Waals surface area contributed by atoms with Gasteiger partial charge in [-0.05, 0) is 56.0 Å². The van der Waals surface area contributed by atoms with Crippen molar-refractivity contribution in [2.75, 3.05) is 11.4 Å². The van der Waals surface area contributed by atoms with Gasteiger partial charge in [0.05, 0.1) is 16.3 Å². The average molecular weight is 351 g/mol. The van der Waals surface area contributed by atoms with Crippen LogP contribution in [0.15, 0.2) is 47.6 Å². The standard InChI is InChI=1S/C20H21N3OS/c1-13-9-10-16-17(12-13)22-20(21-16)25-14(2)19(24)23-11-5-7-15-6-3-4-8-18(15)23/h3-4,6,8-10,12,14H,5,7,11H2,1-2H3,(H,21,22). The van der Waals surface area contributed by atoms with Gasteiger partial charge in [0.1, 0.15) is 0 Å². The maximum atomic E-state index is 13.0. The van der Waals surface area contributed by atoms with Crippen LogP contribution in [0.3, 0.4) is 0 Å². The van der Waals surface area contributed by atoms with Crippen molar-refractivity contribution in [3.05, 3.63) is 53.6 Å². The number of aryl methyl sites for hydroxylation is 2. The summed E-state index contributed by atoms with van der Waals surface area (Å²) in [5.74, 6) is 0.147. The number of nitrogens with zero attached hydrogens (tertiary/aromatic N) is 2. The molecule has 0 bridgehead atoms. The number of benzene rings is 2. The van der Waals surface area contributed by atoms with Crippen LogP contribution in [0.2, 0.25) is 0 Å². The molecule has 128 valence electrons. The minimum atomic E-state index is -0.187. The molecule has 0 saturated heterocycles. The van der Waals surface area contributed by atoms with E-state index in [9.17, 15) is 4.79 Å². The van der Waals surface area contributed by atoms with Crippen molar-refractivity contribution in [3.8, 4) is 0 Å². The van der Waals surface area contributed by atoms with Crippen LogP contribution in [0, 0.1) is 6.92 Å². The van der Waals surface area contributed by atoms with Crippen molar-refractivity contribution >= 4 is 34.4 Å². The number of aromatic nitrogens is 2. The van der Waals surface area contributed by atoms with Gasteiger partial charge in [0.15, 0.2) is 5.16 Å². The number of fused-ring (bicyclic) bond motifs is 2. The number of amides is 1. The van der Waals surface area contributed by atoms with Gasteiger partial charge >= 0.3 is 0 Å². The summed E-state index contributed by atoms with van der Waals surface area (Å²) in [4.78, 5) is 22.9. The van der Waals surface area contributed by atoms with E-state index in [1.54, 1.807) is 0 Å². The first-order valence-electron chi connectivity index (χ1n) is 8.64. The van der Waals surface area contributed by atoms with Gasteiger partial charge in [-0.25, -0.2) is 4.98 Å². The second kappa shape index (κ2) is 6.56. The molecule has 2 aromatic carbocycles. The van der Waals surface area contributed by atoms with Gasteiger partial charge in [-0.15, -0.1) is 0 Å². The Morgan fingerprint density at radius 3 is 3.00 bits per heavy atom. The Labute approximate surface area is 151 Å². The van der Waals surface area contributed by atoms with E-state index < -0.39 is 0 Å². The first-order valence-corrected chi connectivity index (χ1v) is 9.52. The van der Waals surface area contributed by atoms with Gasteiger partial charge < -0.3 is 9.88 Å². The number of imidazole rings is 1. The smallest absolute Gasteiger partial charge is 0.240 e. The molecule has 25 heavy (non-hydrogen) atoms. The largest absolute Gasteiger partial charge is 0.333 e. The van der Waals surface area contributed by atoms with Crippen molar-refractivity contribution in [1.29, 1.82) is 0 Å². The molecule has 1 atom stereocenters. The summed E-state index contributed by atoms with van der Waals surface area (Å²) >= 11 is 1.49. The summed E-state index contributed by atoms with van der Waals surface area (Å²) in [6, 6.07) is 14.4. The number of thioether (sulfide) groups is 1. The van der Waals surface area contributed by atoms with Crippen LogP contribution in [0.5, 0.6) is 0 Å². The van der Waals surface area contributed by atoms with Gasteiger partial charge in [-0.2, -0.15) is 0 Å². The molecule has 0 radical (unpaired) electrons. The van der Waals surface area contributed by atoms with Crippen LogP contribution >= 0.6 is 11.8 Å². The third-order valence-electron chi connectivity index (χ3n) is 4.63. The van der Waals surface area contributed by atoms with E-state index in [-0.39, 0.29) is 11.2 Å². The van der Waals surface area contributed by atoms with Gasteiger partial charge in [0, 0.05) is 12.2 Å². The molecule has 1 aliphatic heterocycles. The quantitative estimate of drug-likeness (QED) is 0.715. The van der Waals surface area contributed by atoms with Crippen molar-refractivity contribution in [1.82, 2.24) is 9.97 Å². The first-order chi connectivity index (χ1) is 12.1. The van der Waals surface area contributed by atoms with Gasteiger partial charge in [-0.1, -0.05) is 36.0 Å². The SMILES string of the molecule is Cc1ccc2nc(SC(C)C(=O)N3CCCc4ccccc43)[nH]c2c1. The Morgan fingerprint density at radius 1 is 1.28 bits per heavy atom. The highest BCUT2D eigenvalue weighted by atomic mass is 32.2. The zero-order chi connectivity index (χ0) is 17.4. The van der Waals surface area contributed by atoms with E-state index in [0.29, 0.717) is 0 Å². The number of anilines is 1. The second-order valence-corrected chi connectivity index (χ2v) is 7.87. The number of carbonyl (C=O) groups excluding carboxylic acids is 1. The number of para-hydroxylation sites is 1. The lowest BCUT2D eigenvalue weighted by molar-refractivity contribution is -0.117. The Kier molecular flexibility index (Phi) is 4.25. The predicted octanol–water partition coefficient (Wildman–Crippen LogP) is 4.33. The Morgan fingerprint density at radius 2 is 2.12 bits per heavy atom. The maximum absolute atomic E-state index is 13.0. The van der Waals surface area contributed by atoms with Crippen molar-refractivity contribution < 1.29 is 4.79 Å². The number of nitrogens with one attached hydrogen (secondary N) is 1. The highest BCUT2D eigenvalue weighted by Gasteiger charge is 2.27. The molecule has 0 spiro atoms. The van der Waals surface area contributed by atoms with Gasteiger partial charge in [0.25, 0.3) is 0 Å². The summed E-state index contributed by atoms with van der Waals surface area (Å²) < 4.78 is 0. The lowest BCUT2D eigenvalue weighted by atomic mass is 10.0. The first kappa shape index (κ1) is 16.2. The summed E-state index contributed by atoms with van der Waals surface area (Å²) in [7, 11) is 0. The van der Waals surface area contributed by atoms with Gasteiger partial charge in [-0.3, -0.25) is 4.79 Å². The lowest BCUT2D eigenvalue weighted by Gasteiger charge is -2.31. The van der Waals surface area contributed by atoms with Crippen LogP contribution in [0.25, 0.3) is 11.0 Å². The van der Waals surface area contributed by atoms with Crippen LogP contribution in [0.4, 0.5) is 5.69 Å². The summed E-state index contributed by atoms with van der Waals surface area (Å²) in [5.41, 5.74) is 5.48. The molecule has 4 nitrogen and oxygen atoms in total. The van der Waals surface area contributed by atoms with E-state index in [1.807, 2.05) is 36.1 Å². The van der Waals surface area contributed by atoms with E-state index >= 15 is 0 Å². The molecule has 0 aliphatic carbocycles. The minimum Gasteiger partial charge on any atom is -0.333 e.